The second-order valence-corrected chi connectivity index (χ2v) is 4.73. The topological polar surface area (TPSA) is 41.1 Å². The van der Waals surface area contributed by atoms with Gasteiger partial charge in [-0.15, -0.1) is 0 Å². The Morgan fingerprint density at radius 1 is 1.50 bits per heavy atom. The summed E-state index contributed by atoms with van der Waals surface area (Å²) in [7, 11) is 0. The van der Waals surface area contributed by atoms with Gasteiger partial charge in [0.15, 0.2) is 0 Å². The zero-order chi connectivity index (χ0) is 9.97. The highest BCUT2D eigenvalue weighted by Gasteiger charge is 2.27. The SMILES string of the molecule is CC(CC1CC1)NC1CCCNC1=O. The van der Waals surface area contributed by atoms with Crippen molar-refractivity contribution in [3.8, 4) is 0 Å². The minimum atomic E-state index is 0.0671. The summed E-state index contributed by atoms with van der Waals surface area (Å²) in [5.74, 6) is 1.13. The summed E-state index contributed by atoms with van der Waals surface area (Å²) >= 11 is 0. The van der Waals surface area contributed by atoms with Gasteiger partial charge in [-0.05, 0) is 32.1 Å². The molecule has 0 radical (unpaired) electrons. The monoisotopic (exact) mass is 196 g/mol. The first-order valence-electron chi connectivity index (χ1n) is 5.79. The molecular weight excluding hydrogens is 176 g/mol. The van der Waals surface area contributed by atoms with Gasteiger partial charge in [-0.25, -0.2) is 0 Å². The van der Waals surface area contributed by atoms with E-state index in [9.17, 15) is 4.79 Å². The number of hydrogen-bond acceptors (Lipinski definition) is 2. The minimum absolute atomic E-state index is 0.0671. The fraction of sp³-hybridized carbons (Fsp3) is 0.909. The number of nitrogens with one attached hydrogen (secondary N) is 2. The molecule has 14 heavy (non-hydrogen) atoms. The minimum Gasteiger partial charge on any atom is -0.355 e. The molecule has 1 aliphatic heterocycles. The van der Waals surface area contributed by atoms with E-state index in [-0.39, 0.29) is 11.9 Å². The molecule has 0 bridgehead atoms. The van der Waals surface area contributed by atoms with Crippen molar-refractivity contribution in [2.24, 2.45) is 5.92 Å². The first-order chi connectivity index (χ1) is 6.75. The first-order valence-corrected chi connectivity index (χ1v) is 5.79. The van der Waals surface area contributed by atoms with Gasteiger partial charge in [0, 0.05) is 12.6 Å². The summed E-state index contributed by atoms with van der Waals surface area (Å²) < 4.78 is 0. The van der Waals surface area contributed by atoms with Gasteiger partial charge < -0.3 is 10.6 Å². The summed E-state index contributed by atoms with van der Waals surface area (Å²) in [5.41, 5.74) is 0. The summed E-state index contributed by atoms with van der Waals surface area (Å²) in [6.45, 7) is 3.05. The lowest BCUT2D eigenvalue weighted by atomic mass is 10.0. The Bertz CT molecular complexity index is 213. The molecule has 0 spiro atoms. The van der Waals surface area contributed by atoms with Crippen LogP contribution in [0.2, 0.25) is 0 Å². The molecule has 1 heterocycles. The van der Waals surface area contributed by atoms with Crippen LogP contribution in [0, 0.1) is 5.92 Å². The molecule has 1 aliphatic carbocycles. The molecular formula is C11H20N2O. The maximum Gasteiger partial charge on any atom is 0.237 e. The van der Waals surface area contributed by atoms with Gasteiger partial charge in [0.25, 0.3) is 0 Å². The van der Waals surface area contributed by atoms with Crippen LogP contribution >= 0.6 is 0 Å². The smallest absolute Gasteiger partial charge is 0.237 e. The van der Waals surface area contributed by atoms with Crippen LogP contribution in [0.5, 0.6) is 0 Å². The Hall–Kier alpha value is -0.570. The lowest BCUT2D eigenvalue weighted by Gasteiger charge is -2.26. The standard InChI is InChI=1S/C11H20N2O/c1-8(7-9-4-5-9)13-10-3-2-6-12-11(10)14/h8-10,13H,2-7H2,1H3,(H,12,14). The van der Waals surface area contributed by atoms with E-state index < -0.39 is 0 Å². The van der Waals surface area contributed by atoms with Crippen LogP contribution in [0.3, 0.4) is 0 Å². The summed E-state index contributed by atoms with van der Waals surface area (Å²) in [6.07, 6.45) is 6.13. The first kappa shape index (κ1) is 9.97. The van der Waals surface area contributed by atoms with Crippen molar-refractivity contribution in [1.82, 2.24) is 10.6 Å². The predicted molar refractivity (Wildman–Crippen MR) is 56.0 cm³/mol. The highest BCUT2D eigenvalue weighted by molar-refractivity contribution is 5.82. The molecule has 1 saturated carbocycles. The molecule has 1 amide bonds. The molecule has 2 rings (SSSR count). The van der Waals surface area contributed by atoms with E-state index in [4.69, 9.17) is 0 Å². The third-order valence-corrected chi connectivity index (χ3v) is 3.15. The predicted octanol–water partition coefficient (Wildman–Crippen LogP) is 1.04. The highest BCUT2D eigenvalue weighted by atomic mass is 16.2. The van der Waals surface area contributed by atoms with E-state index in [1.165, 1.54) is 19.3 Å². The van der Waals surface area contributed by atoms with Crippen LogP contribution in [0.4, 0.5) is 0 Å². The second-order valence-electron chi connectivity index (χ2n) is 4.73. The average molecular weight is 196 g/mol. The Balaban J connectivity index is 1.73. The molecule has 2 fully saturated rings. The highest BCUT2D eigenvalue weighted by Crippen LogP contribution is 2.33. The molecule has 0 aromatic heterocycles. The lowest BCUT2D eigenvalue weighted by Crippen LogP contribution is -2.50. The van der Waals surface area contributed by atoms with Gasteiger partial charge in [-0.1, -0.05) is 12.8 Å². The van der Waals surface area contributed by atoms with Gasteiger partial charge in [0.05, 0.1) is 6.04 Å². The molecule has 0 aromatic rings. The average Bonchev–Trinajstić information content (AvgIpc) is 2.93. The largest absolute Gasteiger partial charge is 0.355 e. The fourth-order valence-corrected chi connectivity index (χ4v) is 2.20. The summed E-state index contributed by atoms with van der Waals surface area (Å²) in [6, 6.07) is 0.564. The van der Waals surface area contributed by atoms with Crippen LogP contribution in [0.15, 0.2) is 0 Å². The fourth-order valence-electron chi connectivity index (χ4n) is 2.20. The number of carbonyl (C=O) groups is 1. The van der Waals surface area contributed by atoms with Crippen molar-refractivity contribution in [2.45, 2.75) is 51.1 Å². The number of piperidine rings is 1. The van der Waals surface area contributed by atoms with Gasteiger partial charge >= 0.3 is 0 Å². The third kappa shape index (κ3) is 2.71. The Labute approximate surface area is 85.6 Å². The third-order valence-electron chi connectivity index (χ3n) is 3.15. The zero-order valence-electron chi connectivity index (χ0n) is 8.88. The van der Waals surface area contributed by atoms with Gasteiger partial charge in [-0.2, -0.15) is 0 Å². The van der Waals surface area contributed by atoms with E-state index in [2.05, 4.69) is 17.6 Å². The molecule has 0 aromatic carbocycles. The molecule has 80 valence electrons. The summed E-state index contributed by atoms with van der Waals surface area (Å²) in [4.78, 5) is 11.5. The molecule has 1 saturated heterocycles. The van der Waals surface area contributed by atoms with Crippen LogP contribution in [0.1, 0.15) is 39.0 Å². The van der Waals surface area contributed by atoms with Crippen LogP contribution < -0.4 is 10.6 Å². The second kappa shape index (κ2) is 4.30. The van der Waals surface area contributed by atoms with Crippen molar-refractivity contribution in [3.05, 3.63) is 0 Å². The van der Waals surface area contributed by atoms with Crippen LogP contribution in [-0.4, -0.2) is 24.5 Å². The van der Waals surface area contributed by atoms with Crippen LogP contribution in [0.25, 0.3) is 0 Å². The number of amides is 1. The van der Waals surface area contributed by atoms with E-state index in [1.807, 2.05) is 0 Å². The van der Waals surface area contributed by atoms with Crippen molar-refractivity contribution < 1.29 is 4.79 Å². The number of carbonyl (C=O) groups excluding carboxylic acids is 1. The number of rotatable bonds is 4. The van der Waals surface area contributed by atoms with Crippen molar-refractivity contribution >= 4 is 5.91 Å². The van der Waals surface area contributed by atoms with E-state index in [1.54, 1.807) is 0 Å². The van der Waals surface area contributed by atoms with Gasteiger partial charge in [-0.3, -0.25) is 4.79 Å². The van der Waals surface area contributed by atoms with Gasteiger partial charge in [0.2, 0.25) is 5.91 Å². The Morgan fingerprint density at radius 2 is 2.29 bits per heavy atom. The van der Waals surface area contributed by atoms with Crippen LogP contribution in [-0.2, 0) is 4.79 Å². The molecule has 2 unspecified atom stereocenters. The quantitative estimate of drug-likeness (QED) is 0.705. The maximum atomic E-state index is 11.5. The molecule has 2 aliphatic rings. The van der Waals surface area contributed by atoms with E-state index >= 15 is 0 Å². The van der Waals surface area contributed by atoms with Crippen molar-refractivity contribution in [1.29, 1.82) is 0 Å². The van der Waals surface area contributed by atoms with E-state index in [0.717, 1.165) is 25.3 Å². The Morgan fingerprint density at radius 3 is 2.93 bits per heavy atom. The van der Waals surface area contributed by atoms with E-state index in [0.29, 0.717) is 6.04 Å². The van der Waals surface area contributed by atoms with Gasteiger partial charge in [0.1, 0.15) is 0 Å². The van der Waals surface area contributed by atoms with Crippen molar-refractivity contribution in [3.63, 3.8) is 0 Å². The molecule has 3 nitrogen and oxygen atoms in total. The zero-order valence-corrected chi connectivity index (χ0v) is 8.88. The molecule has 2 N–H and O–H groups in total. The molecule has 2 atom stereocenters. The molecule has 3 heteroatoms. The number of hydrogen-bond donors (Lipinski definition) is 2. The summed E-state index contributed by atoms with van der Waals surface area (Å²) in [5, 5.41) is 6.33. The normalized spacial score (nSPS) is 29.8. The lowest BCUT2D eigenvalue weighted by molar-refractivity contribution is -0.124. The Kier molecular flexibility index (Phi) is 3.06. The maximum absolute atomic E-state index is 11.5. The van der Waals surface area contributed by atoms with Crippen molar-refractivity contribution in [2.75, 3.05) is 6.54 Å².